The third-order valence-electron chi connectivity index (χ3n) is 4.07. The molecule has 1 heterocycles. The maximum Gasteiger partial charge on any atom is 0.218 e. The van der Waals surface area contributed by atoms with Crippen molar-refractivity contribution in [2.24, 2.45) is 10.2 Å². The minimum absolute atomic E-state index is 0.0123. The van der Waals surface area contributed by atoms with Gasteiger partial charge in [0.2, 0.25) is 11.0 Å². The van der Waals surface area contributed by atoms with Crippen molar-refractivity contribution in [3.05, 3.63) is 52.6 Å². The van der Waals surface area contributed by atoms with Gasteiger partial charge in [0.15, 0.2) is 5.69 Å². The zero-order valence-corrected chi connectivity index (χ0v) is 15.5. The number of aryl methyl sites for hydroxylation is 4. The summed E-state index contributed by atoms with van der Waals surface area (Å²) in [5.74, 6) is -0.0123. The second-order valence-corrected chi connectivity index (χ2v) is 6.66. The fourth-order valence-electron chi connectivity index (χ4n) is 2.92. The highest BCUT2D eigenvalue weighted by atomic mass is 32.1. The molecular weight excluding hydrogens is 332 g/mol. The lowest BCUT2D eigenvalue weighted by Crippen LogP contribution is -2.06. The van der Waals surface area contributed by atoms with Crippen LogP contribution in [0.15, 0.2) is 40.6 Å². The van der Waals surface area contributed by atoms with Gasteiger partial charge in [-0.1, -0.05) is 29.3 Å². The molecule has 6 heteroatoms. The van der Waals surface area contributed by atoms with Crippen LogP contribution < -0.4 is 5.32 Å². The number of rotatable bonds is 2. The van der Waals surface area contributed by atoms with Gasteiger partial charge in [0.1, 0.15) is 0 Å². The molecule has 0 amide bonds. The first kappa shape index (κ1) is 17.1. The number of H-pyrrole nitrogens is 1. The van der Waals surface area contributed by atoms with E-state index in [0.717, 1.165) is 33.3 Å². The van der Waals surface area contributed by atoms with Crippen molar-refractivity contribution in [3.8, 4) is 5.88 Å². The van der Waals surface area contributed by atoms with Gasteiger partial charge in [0.05, 0.1) is 5.52 Å². The maximum atomic E-state index is 10.2. The van der Waals surface area contributed by atoms with Crippen molar-refractivity contribution >= 4 is 39.6 Å². The van der Waals surface area contributed by atoms with E-state index in [1.54, 1.807) is 0 Å². The molecule has 2 aromatic carbocycles. The van der Waals surface area contributed by atoms with E-state index in [0.29, 0.717) is 5.69 Å². The molecule has 0 unspecified atom stereocenters. The quantitative estimate of drug-likeness (QED) is 0.416. The van der Waals surface area contributed by atoms with Crippen molar-refractivity contribution < 1.29 is 5.11 Å². The molecule has 3 aromatic rings. The number of aromatic nitrogens is 1. The molecule has 0 aliphatic heterocycles. The number of anilines is 1. The van der Waals surface area contributed by atoms with E-state index >= 15 is 0 Å². The van der Waals surface area contributed by atoms with Crippen LogP contribution in [0.5, 0.6) is 5.88 Å². The van der Waals surface area contributed by atoms with Crippen LogP contribution in [0, 0.1) is 27.7 Å². The molecule has 0 radical (unpaired) electrons. The Morgan fingerprint density at radius 2 is 1.76 bits per heavy atom. The van der Waals surface area contributed by atoms with Crippen LogP contribution in [0.3, 0.4) is 0 Å². The Labute approximate surface area is 151 Å². The SMILES string of the molecule is Cc1ccc(NC(=S)N=Nc2c(O)[nH]c3c(C)cc(C)cc23)c(C)c1. The Balaban J connectivity index is 1.88. The lowest BCUT2D eigenvalue weighted by atomic mass is 10.1. The summed E-state index contributed by atoms with van der Waals surface area (Å²) in [6.45, 7) is 8.03. The van der Waals surface area contributed by atoms with Gasteiger partial charge in [-0.3, -0.25) is 0 Å². The highest BCUT2D eigenvalue weighted by molar-refractivity contribution is 7.80. The summed E-state index contributed by atoms with van der Waals surface area (Å²) in [6, 6.07) is 10.0. The molecule has 128 valence electrons. The van der Waals surface area contributed by atoms with Crippen molar-refractivity contribution in [1.82, 2.24) is 4.98 Å². The summed E-state index contributed by atoms with van der Waals surface area (Å²) in [5, 5.41) is 22.5. The number of aromatic hydroxyl groups is 1. The molecule has 3 rings (SSSR count). The molecule has 0 bridgehead atoms. The van der Waals surface area contributed by atoms with Crippen LogP contribution in [0.4, 0.5) is 11.4 Å². The fraction of sp³-hybridized carbons (Fsp3) is 0.211. The van der Waals surface area contributed by atoms with Crippen LogP contribution >= 0.6 is 12.2 Å². The van der Waals surface area contributed by atoms with E-state index in [-0.39, 0.29) is 11.0 Å². The minimum atomic E-state index is -0.0123. The molecule has 0 spiro atoms. The first-order valence-electron chi connectivity index (χ1n) is 7.97. The van der Waals surface area contributed by atoms with Crippen LogP contribution in [0.1, 0.15) is 22.3 Å². The van der Waals surface area contributed by atoms with Crippen molar-refractivity contribution in [3.63, 3.8) is 0 Å². The van der Waals surface area contributed by atoms with E-state index in [9.17, 15) is 5.11 Å². The summed E-state index contributed by atoms with van der Waals surface area (Å²) in [5.41, 5.74) is 6.55. The van der Waals surface area contributed by atoms with Gasteiger partial charge < -0.3 is 15.4 Å². The average molecular weight is 352 g/mol. The first-order valence-corrected chi connectivity index (χ1v) is 8.38. The van der Waals surface area contributed by atoms with E-state index in [2.05, 4.69) is 26.6 Å². The Morgan fingerprint density at radius 3 is 2.48 bits per heavy atom. The molecule has 0 fully saturated rings. The van der Waals surface area contributed by atoms with Crippen LogP contribution in [-0.4, -0.2) is 15.2 Å². The van der Waals surface area contributed by atoms with E-state index in [4.69, 9.17) is 12.2 Å². The molecule has 5 nitrogen and oxygen atoms in total. The topological polar surface area (TPSA) is 72.8 Å². The van der Waals surface area contributed by atoms with Crippen molar-refractivity contribution in [1.29, 1.82) is 0 Å². The van der Waals surface area contributed by atoms with Gasteiger partial charge in [-0.05, 0) is 63.2 Å². The van der Waals surface area contributed by atoms with E-state index in [1.165, 1.54) is 5.56 Å². The highest BCUT2D eigenvalue weighted by Gasteiger charge is 2.13. The molecular formula is C19H20N4OS. The number of hydrogen-bond acceptors (Lipinski definition) is 3. The van der Waals surface area contributed by atoms with Crippen LogP contribution in [-0.2, 0) is 0 Å². The van der Waals surface area contributed by atoms with Gasteiger partial charge in [-0.25, -0.2) is 0 Å². The predicted molar refractivity (Wildman–Crippen MR) is 106 cm³/mol. The fourth-order valence-corrected chi connectivity index (χ4v) is 3.07. The lowest BCUT2D eigenvalue weighted by molar-refractivity contribution is 0.459. The molecule has 3 N–H and O–H groups in total. The Kier molecular flexibility index (Phi) is 4.55. The number of nitrogens with zero attached hydrogens (tertiary/aromatic N) is 2. The summed E-state index contributed by atoms with van der Waals surface area (Å²) >= 11 is 5.26. The monoisotopic (exact) mass is 352 g/mol. The molecule has 1 aromatic heterocycles. The average Bonchev–Trinajstić information content (AvgIpc) is 2.84. The van der Waals surface area contributed by atoms with E-state index < -0.39 is 0 Å². The Morgan fingerprint density at radius 1 is 1.04 bits per heavy atom. The van der Waals surface area contributed by atoms with Gasteiger partial charge in [0.25, 0.3) is 0 Å². The minimum Gasteiger partial charge on any atom is -0.493 e. The first-order chi connectivity index (χ1) is 11.8. The van der Waals surface area contributed by atoms with Gasteiger partial charge in [-0.15, -0.1) is 10.2 Å². The summed E-state index contributed by atoms with van der Waals surface area (Å²) in [6.07, 6.45) is 0. The maximum absolute atomic E-state index is 10.2. The summed E-state index contributed by atoms with van der Waals surface area (Å²) < 4.78 is 0. The standard InChI is InChI=1S/C19H20N4OS/c1-10-5-6-15(12(3)7-10)20-19(25)23-22-17-14-9-11(2)8-13(4)16(14)21-18(17)24/h5-9,21,24H,1-4H3,(H,20,25). The number of fused-ring (bicyclic) bond motifs is 1. The zero-order valence-electron chi connectivity index (χ0n) is 14.6. The third kappa shape index (κ3) is 3.53. The molecule has 0 atom stereocenters. The van der Waals surface area contributed by atoms with Crippen molar-refractivity contribution in [2.75, 3.05) is 5.32 Å². The molecule has 0 aliphatic carbocycles. The second kappa shape index (κ2) is 6.64. The van der Waals surface area contributed by atoms with Gasteiger partial charge in [0, 0.05) is 11.1 Å². The number of hydrogen-bond donors (Lipinski definition) is 3. The predicted octanol–water partition coefficient (Wildman–Crippen LogP) is 5.59. The zero-order chi connectivity index (χ0) is 18.1. The summed E-state index contributed by atoms with van der Waals surface area (Å²) in [7, 11) is 0. The van der Waals surface area contributed by atoms with Crippen molar-refractivity contribution in [2.45, 2.75) is 27.7 Å². The lowest BCUT2D eigenvalue weighted by Gasteiger charge is -2.07. The van der Waals surface area contributed by atoms with Crippen LogP contribution in [0.2, 0.25) is 0 Å². The molecule has 0 aliphatic rings. The van der Waals surface area contributed by atoms with Gasteiger partial charge >= 0.3 is 0 Å². The normalized spacial score (nSPS) is 11.4. The number of thiocarbonyl (C=S) groups is 1. The number of benzene rings is 2. The molecule has 25 heavy (non-hydrogen) atoms. The molecule has 0 saturated carbocycles. The Hall–Kier alpha value is -2.73. The second-order valence-electron chi connectivity index (χ2n) is 6.28. The summed E-state index contributed by atoms with van der Waals surface area (Å²) in [4.78, 5) is 2.95. The van der Waals surface area contributed by atoms with Crippen LogP contribution in [0.25, 0.3) is 10.9 Å². The molecule has 0 saturated heterocycles. The number of aromatic amines is 1. The highest BCUT2D eigenvalue weighted by Crippen LogP contribution is 2.37. The van der Waals surface area contributed by atoms with E-state index in [1.807, 2.05) is 52.0 Å². The smallest absolute Gasteiger partial charge is 0.218 e. The largest absolute Gasteiger partial charge is 0.493 e. The number of nitrogens with one attached hydrogen (secondary N) is 2. The number of azo groups is 1. The Bertz CT molecular complexity index is 1000. The third-order valence-corrected chi connectivity index (χ3v) is 4.25. The van der Waals surface area contributed by atoms with Gasteiger partial charge in [-0.2, -0.15) is 0 Å².